The minimum absolute atomic E-state index is 0.0922. The minimum Gasteiger partial charge on any atom is -0.495 e. The number of benzene rings is 1. The van der Waals surface area contributed by atoms with Crippen LogP contribution in [0.5, 0.6) is 5.75 Å². The Labute approximate surface area is 102 Å². The highest BCUT2D eigenvalue weighted by atomic mass is 127. The van der Waals surface area contributed by atoms with E-state index in [-0.39, 0.29) is 5.69 Å². The monoisotopic (exact) mass is 405 g/mol. The number of hydrogen-bond acceptors (Lipinski definition) is 3. The maximum Gasteiger partial charge on any atom is 0.271 e. The molecule has 0 bridgehead atoms. The molecule has 0 fully saturated rings. The zero-order valence-electron chi connectivity index (χ0n) is 6.58. The van der Waals surface area contributed by atoms with Crippen molar-refractivity contribution in [3.05, 3.63) is 29.4 Å². The molecule has 0 heterocycles. The summed E-state index contributed by atoms with van der Waals surface area (Å²) in [6, 6.07) is 2.98. The first-order valence-electron chi connectivity index (χ1n) is 3.23. The molecule has 0 aromatic heterocycles. The Kier molecular flexibility index (Phi) is 3.71. The second-order valence-electron chi connectivity index (χ2n) is 2.20. The second-order valence-corrected chi connectivity index (χ2v) is 4.52. The molecule has 0 aliphatic rings. The highest BCUT2D eigenvalue weighted by Gasteiger charge is 2.13. The molecule has 0 aliphatic heterocycles. The van der Waals surface area contributed by atoms with E-state index in [9.17, 15) is 10.1 Å². The lowest BCUT2D eigenvalue weighted by Gasteiger charge is -2.04. The van der Waals surface area contributed by atoms with Gasteiger partial charge in [0.2, 0.25) is 0 Å². The summed E-state index contributed by atoms with van der Waals surface area (Å²) in [4.78, 5) is 10.1. The number of non-ortho nitro benzene ring substituents is 1. The zero-order chi connectivity index (χ0) is 10.0. The summed E-state index contributed by atoms with van der Waals surface area (Å²) in [7, 11) is 1.55. The molecule has 0 spiro atoms. The van der Waals surface area contributed by atoms with E-state index in [4.69, 9.17) is 4.74 Å². The van der Waals surface area contributed by atoms with Gasteiger partial charge in [-0.3, -0.25) is 10.1 Å². The van der Waals surface area contributed by atoms with Crippen LogP contribution in [-0.4, -0.2) is 12.0 Å². The molecule has 0 saturated carbocycles. The summed E-state index contributed by atoms with van der Waals surface area (Å²) in [5.41, 5.74) is 0.0922. The Bertz CT molecular complexity index is 331. The molecule has 0 amide bonds. The topological polar surface area (TPSA) is 52.4 Å². The van der Waals surface area contributed by atoms with Crippen LogP contribution in [0.3, 0.4) is 0 Å². The Morgan fingerprint density at radius 1 is 1.38 bits per heavy atom. The van der Waals surface area contributed by atoms with Crippen molar-refractivity contribution in [3.8, 4) is 5.75 Å². The zero-order valence-corrected chi connectivity index (χ0v) is 10.9. The lowest BCUT2D eigenvalue weighted by Crippen LogP contribution is -1.94. The average molecular weight is 405 g/mol. The number of halogens is 2. The quantitative estimate of drug-likeness (QED) is 0.432. The molecule has 0 N–H and O–H groups in total. The van der Waals surface area contributed by atoms with E-state index in [1.54, 1.807) is 7.11 Å². The Hall–Kier alpha value is -0.120. The first-order valence-corrected chi connectivity index (χ1v) is 5.39. The standard InChI is InChI=1S/C7H5I2NO3/c1-13-7-5(8)2-4(10(11)12)3-6(7)9/h2-3H,1H3. The van der Waals surface area contributed by atoms with Crippen molar-refractivity contribution >= 4 is 50.9 Å². The van der Waals surface area contributed by atoms with Crippen LogP contribution < -0.4 is 4.74 Å². The van der Waals surface area contributed by atoms with Gasteiger partial charge >= 0.3 is 0 Å². The van der Waals surface area contributed by atoms with Crippen molar-refractivity contribution in [2.24, 2.45) is 0 Å². The first kappa shape index (κ1) is 11.0. The van der Waals surface area contributed by atoms with Crippen molar-refractivity contribution in [1.29, 1.82) is 0 Å². The normalized spacial score (nSPS) is 9.77. The van der Waals surface area contributed by atoms with E-state index < -0.39 is 4.92 Å². The fourth-order valence-electron chi connectivity index (χ4n) is 0.847. The summed E-state index contributed by atoms with van der Waals surface area (Å²) in [6.45, 7) is 0. The van der Waals surface area contributed by atoms with Gasteiger partial charge in [0.05, 0.1) is 19.2 Å². The fourth-order valence-corrected chi connectivity index (χ4v) is 3.02. The molecule has 70 valence electrons. The number of rotatable bonds is 2. The summed E-state index contributed by atoms with van der Waals surface area (Å²) in [5, 5.41) is 10.5. The molecule has 1 aromatic rings. The molecule has 0 unspecified atom stereocenters. The van der Waals surface area contributed by atoms with Gasteiger partial charge in [-0.15, -0.1) is 0 Å². The molecular weight excluding hydrogens is 400 g/mol. The van der Waals surface area contributed by atoms with Crippen LogP contribution in [0.4, 0.5) is 5.69 Å². The van der Waals surface area contributed by atoms with Crippen LogP contribution in [0.1, 0.15) is 0 Å². The molecule has 1 aromatic carbocycles. The predicted molar refractivity (Wildman–Crippen MR) is 65.1 cm³/mol. The van der Waals surface area contributed by atoms with E-state index in [0.717, 1.165) is 7.14 Å². The highest BCUT2D eigenvalue weighted by Crippen LogP contribution is 2.31. The maximum absolute atomic E-state index is 10.5. The van der Waals surface area contributed by atoms with E-state index >= 15 is 0 Å². The SMILES string of the molecule is COc1c(I)cc([N+](=O)[O-])cc1I. The molecule has 0 aliphatic carbocycles. The van der Waals surface area contributed by atoms with Gasteiger partial charge in [0.15, 0.2) is 0 Å². The Balaban J connectivity index is 3.28. The van der Waals surface area contributed by atoms with Gasteiger partial charge in [-0.25, -0.2) is 0 Å². The van der Waals surface area contributed by atoms with E-state index in [0.29, 0.717) is 5.75 Å². The first-order chi connectivity index (χ1) is 6.06. The van der Waals surface area contributed by atoms with Gasteiger partial charge < -0.3 is 4.74 Å². The van der Waals surface area contributed by atoms with Gasteiger partial charge in [-0.05, 0) is 45.2 Å². The van der Waals surface area contributed by atoms with E-state index in [1.807, 2.05) is 45.2 Å². The predicted octanol–water partition coefficient (Wildman–Crippen LogP) is 2.81. The third-order valence-electron chi connectivity index (χ3n) is 1.40. The van der Waals surface area contributed by atoms with Crippen molar-refractivity contribution in [1.82, 2.24) is 0 Å². The van der Waals surface area contributed by atoms with Crippen LogP contribution in [0, 0.1) is 17.3 Å². The molecule has 13 heavy (non-hydrogen) atoms. The molecule has 6 heteroatoms. The molecule has 1 rings (SSSR count). The molecule has 0 radical (unpaired) electrons. The van der Waals surface area contributed by atoms with Crippen LogP contribution in [0.15, 0.2) is 12.1 Å². The maximum atomic E-state index is 10.5. The molecule has 0 saturated heterocycles. The van der Waals surface area contributed by atoms with Gasteiger partial charge in [0, 0.05) is 12.1 Å². The number of nitro benzene ring substituents is 1. The highest BCUT2D eigenvalue weighted by molar-refractivity contribution is 14.1. The van der Waals surface area contributed by atoms with Crippen LogP contribution in [0.2, 0.25) is 0 Å². The number of nitro groups is 1. The van der Waals surface area contributed by atoms with Gasteiger partial charge in [0.1, 0.15) is 5.75 Å². The van der Waals surface area contributed by atoms with Crippen molar-refractivity contribution in [3.63, 3.8) is 0 Å². The number of hydrogen-bond donors (Lipinski definition) is 0. The molecule has 0 atom stereocenters. The third-order valence-corrected chi connectivity index (χ3v) is 3.00. The summed E-state index contributed by atoms with van der Waals surface area (Å²) in [6.07, 6.45) is 0. The third kappa shape index (κ3) is 2.42. The smallest absolute Gasteiger partial charge is 0.271 e. The number of nitrogens with zero attached hydrogens (tertiary/aromatic N) is 1. The summed E-state index contributed by atoms with van der Waals surface area (Å²) < 4.78 is 6.57. The summed E-state index contributed by atoms with van der Waals surface area (Å²) in [5.74, 6) is 0.687. The lowest BCUT2D eigenvalue weighted by molar-refractivity contribution is -0.385. The van der Waals surface area contributed by atoms with Crippen LogP contribution in [0.25, 0.3) is 0 Å². The second kappa shape index (κ2) is 4.40. The van der Waals surface area contributed by atoms with Crippen LogP contribution in [-0.2, 0) is 0 Å². The average Bonchev–Trinajstić information content (AvgIpc) is 2.03. The van der Waals surface area contributed by atoms with E-state index in [1.165, 1.54) is 12.1 Å². The molecule has 4 nitrogen and oxygen atoms in total. The van der Waals surface area contributed by atoms with E-state index in [2.05, 4.69) is 0 Å². The van der Waals surface area contributed by atoms with Crippen molar-refractivity contribution < 1.29 is 9.66 Å². The number of ether oxygens (including phenoxy) is 1. The summed E-state index contributed by atoms with van der Waals surface area (Å²) >= 11 is 4.02. The van der Waals surface area contributed by atoms with Crippen molar-refractivity contribution in [2.75, 3.05) is 7.11 Å². The Morgan fingerprint density at radius 2 is 1.85 bits per heavy atom. The molecular formula is C7H5I2NO3. The Morgan fingerprint density at radius 3 is 2.15 bits per heavy atom. The lowest BCUT2D eigenvalue weighted by atomic mass is 10.3. The van der Waals surface area contributed by atoms with Gasteiger partial charge in [-0.2, -0.15) is 0 Å². The van der Waals surface area contributed by atoms with Gasteiger partial charge in [0.25, 0.3) is 5.69 Å². The van der Waals surface area contributed by atoms with Gasteiger partial charge in [-0.1, -0.05) is 0 Å². The minimum atomic E-state index is -0.413. The van der Waals surface area contributed by atoms with Crippen LogP contribution >= 0.6 is 45.2 Å². The fraction of sp³-hybridized carbons (Fsp3) is 0.143. The number of methoxy groups -OCH3 is 1. The van der Waals surface area contributed by atoms with Crippen molar-refractivity contribution in [2.45, 2.75) is 0 Å². The largest absolute Gasteiger partial charge is 0.495 e.